The summed E-state index contributed by atoms with van der Waals surface area (Å²) < 4.78 is 5.46. The zero-order chi connectivity index (χ0) is 21.0. The van der Waals surface area contributed by atoms with Gasteiger partial charge < -0.3 is 9.64 Å². The van der Waals surface area contributed by atoms with Crippen molar-refractivity contribution in [2.75, 3.05) is 39.4 Å². The molecule has 31 heavy (non-hydrogen) atoms. The van der Waals surface area contributed by atoms with Crippen LogP contribution in [-0.2, 0) is 16.0 Å². The van der Waals surface area contributed by atoms with E-state index in [4.69, 9.17) is 4.74 Å². The average molecular weight is 418 g/mol. The largest absolute Gasteiger partial charge is 0.379 e. The maximum Gasteiger partial charge on any atom is 0.228 e. The lowest BCUT2D eigenvalue weighted by Gasteiger charge is -2.40. The summed E-state index contributed by atoms with van der Waals surface area (Å²) in [5.74, 6) is 0.164. The molecule has 0 spiro atoms. The van der Waals surface area contributed by atoms with Gasteiger partial charge in [-0.2, -0.15) is 10.2 Å². The molecule has 4 heterocycles. The summed E-state index contributed by atoms with van der Waals surface area (Å²) in [6.07, 6.45) is 5.94. The van der Waals surface area contributed by atoms with Crippen LogP contribution in [0.4, 0.5) is 0 Å². The van der Waals surface area contributed by atoms with E-state index < -0.39 is 0 Å². The van der Waals surface area contributed by atoms with E-state index in [1.807, 2.05) is 41.4 Å². The Labute approximate surface area is 182 Å². The summed E-state index contributed by atoms with van der Waals surface area (Å²) in [4.78, 5) is 22.0. The van der Waals surface area contributed by atoms with Gasteiger partial charge in [0, 0.05) is 55.6 Å². The van der Waals surface area contributed by atoms with Crippen LogP contribution >= 0.6 is 0 Å². The molecule has 2 aliphatic rings. The van der Waals surface area contributed by atoms with Crippen molar-refractivity contribution in [1.82, 2.24) is 25.0 Å². The highest BCUT2D eigenvalue weighted by molar-refractivity contribution is 5.87. The normalized spacial score (nSPS) is 18.4. The first-order valence-corrected chi connectivity index (χ1v) is 11.0. The van der Waals surface area contributed by atoms with E-state index in [1.54, 1.807) is 6.20 Å². The van der Waals surface area contributed by atoms with Crippen molar-refractivity contribution in [3.05, 3.63) is 54.5 Å². The lowest BCUT2D eigenvalue weighted by atomic mass is 10.0. The van der Waals surface area contributed by atoms with Crippen LogP contribution in [0.5, 0.6) is 0 Å². The third-order valence-electron chi connectivity index (χ3n) is 6.36. The summed E-state index contributed by atoms with van der Waals surface area (Å²) >= 11 is 0. The molecule has 0 N–H and O–H groups in total. The van der Waals surface area contributed by atoms with Crippen molar-refractivity contribution < 1.29 is 9.53 Å². The number of piperidine rings is 1. The minimum Gasteiger partial charge on any atom is -0.379 e. The third-order valence-corrected chi connectivity index (χ3v) is 6.36. The minimum atomic E-state index is 0.164. The second kappa shape index (κ2) is 9.08. The van der Waals surface area contributed by atoms with Gasteiger partial charge in [0.25, 0.3) is 0 Å². The Balaban J connectivity index is 1.24. The number of aromatic nitrogens is 3. The van der Waals surface area contributed by atoms with Crippen LogP contribution in [0.2, 0.25) is 0 Å². The van der Waals surface area contributed by atoms with Gasteiger partial charge in [-0.25, -0.2) is 0 Å². The average Bonchev–Trinajstić information content (AvgIpc) is 2.85. The number of ether oxygens (including phenoxy) is 1. The molecule has 0 bridgehead atoms. The molecule has 1 aromatic carbocycles. The maximum atomic E-state index is 12.9. The molecule has 160 valence electrons. The first-order valence-electron chi connectivity index (χ1n) is 11.0. The number of carbonyl (C=O) groups is 1. The van der Waals surface area contributed by atoms with Gasteiger partial charge in [0.15, 0.2) is 0 Å². The second-order valence-electron chi connectivity index (χ2n) is 8.28. The molecular weight excluding hydrogens is 390 g/mol. The van der Waals surface area contributed by atoms with Crippen molar-refractivity contribution in [2.24, 2.45) is 0 Å². The Kier molecular flexibility index (Phi) is 5.86. The number of benzene rings is 1. The predicted octanol–water partition coefficient (Wildman–Crippen LogP) is 2.56. The van der Waals surface area contributed by atoms with E-state index in [1.165, 1.54) is 0 Å². The highest BCUT2D eigenvalue weighted by Gasteiger charge is 2.27. The van der Waals surface area contributed by atoms with Crippen LogP contribution in [0.15, 0.2) is 48.8 Å². The number of hydrogen-bond acceptors (Lipinski definition) is 6. The minimum absolute atomic E-state index is 0.164. The molecule has 2 fully saturated rings. The SMILES string of the molecule is O=C(Cc1cc2cc(-c3cccnn3)ccc2cn1)N1CCC(N2CCOCC2)CC1. The van der Waals surface area contributed by atoms with Crippen molar-refractivity contribution in [3.8, 4) is 11.3 Å². The summed E-state index contributed by atoms with van der Waals surface area (Å²) in [7, 11) is 0. The summed E-state index contributed by atoms with van der Waals surface area (Å²) in [6.45, 7) is 5.32. The molecule has 2 aliphatic heterocycles. The molecule has 7 heteroatoms. The van der Waals surface area contributed by atoms with Gasteiger partial charge in [-0.3, -0.25) is 14.7 Å². The molecule has 0 unspecified atom stereocenters. The van der Waals surface area contributed by atoms with E-state index in [2.05, 4.69) is 26.1 Å². The van der Waals surface area contributed by atoms with Gasteiger partial charge in [0.05, 0.1) is 31.0 Å². The molecule has 0 aliphatic carbocycles. The zero-order valence-electron chi connectivity index (χ0n) is 17.6. The smallest absolute Gasteiger partial charge is 0.228 e. The maximum absolute atomic E-state index is 12.9. The lowest BCUT2D eigenvalue weighted by Crippen LogP contribution is -2.50. The first-order chi connectivity index (χ1) is 15.3. The molecule has 1 amide bonds. The number of morpholine rings is 1. The van der Waals surface area contributed by atoms with Gasteiger partial charge in [0.1, 0.15) is 0 Å². The number of pyridine rings is 1. The Morgan fingerprint density at radius 1 is 1.03 bits per heavy atom. The van der Waals surface area contributed by atoms with E-state index >= 15 is 0 Å². The van der Waals surface area contributed by atoms with E-state index in [0.29, 0.717) is 12.5 Å². The number of fused-ring (bicyclic) bond motifs is 1. The standard InChI is InChI=1S/C24H27N5O2/c30-24(29-8-5-22(6-9-29)28-10-12-31-13-11-28)16-21-15-20-14-18(3-4-19(20)17-25-21)23-2-1-7-26-27-23/h1-4,7,14-15,17,22H,5-6,8-13,16H2. The first kappa shape index (κ1) is 20.0. The van der Waals surface area contributed by atoms with Crippen LogP contribution in [0.1, 0.15) is 18.5 Å². The monoisotopic (exact) mass is 417 g/mol. The Bertz CT molecular complexity index is 1040. The van der Waals surface area contributed by atoms with Crippen molar-refractivity contribution in [2.45, 2.75) is 25.3 Å². The highest BCUT2D eigenvalue weighted by atomic mass is 16.5. The topological polar surface area (TPSA) is 71.5 Å². The molecular formula is C24H27N5O2. The van der Waals surface area contributed by atoms with Gasteiger partial charge in [0.2, 0.25) is 5.91 Å². The zero-order valence-corrected chi connectivity index (χ0v) is 17.6. The van der Waals surface area contributed by atoms with Crippen molar-refractivity contribution >= 4 is 16.7 Å². The molecule has 2 saturated heterocycles. The summed E-state index contributed by atoms with van der Waals surface area (Å²) in [6, 6.07) is 12.6. The Morgan fingerprint density at radius 2 is 1.87 bits per heavy atom. The number of likely N-dealkylation sites (tertiary alicyclic amines) is 1. The Morgan fingerprint density at radius 3 is 2.65 bits per heavy atom. The second-order valence-corrected chi connectivity index (χ2v) is 8.28. The van der Waals surface area contributed by atoms with Crippen LogP contribution in [-0.4, -0.2) is 76.3 Å². The van der Waals surface area contributed by atoms with Crippen molar-refractivity contribution in [1.29, 1.82) is 0 Å². The van der Waals surface area contributed by atoms with E-state index in [9.17, 15) is 4.79 Å². The fraction of sp³-hybridized carbons (Fsp3) is 0.417. The molecule has 0 atom stereocenters. The van der Waals surface area contributed by atoms with E-state index in [-0.39, 0.29) is 5.91 Å². The summed E-state index contributed by atoms with van der Waals surface area (Å²) in [5.41, 5.74) is 2.65. The van der Waals surface area contributed by atoms with Gasteiger partial charge in [-0.1, -0.05) is 12.1 Å². The quantitative estimate of drug-likeness (QED) is 0.650. The lowest BCUT2D eigenvalue weighted by molar-refractivity contribution is -0.132. The molecule has 2 aromatic heterocycles. The van der Waals surface area contributed by atoms with Crippen LogP contribution in [0.25, 0.3) is 22.0 Å². The number of carbonyl (C=O) groups excluding carboxylic acids is 1. The number of hydrogen-bond donors (Lipinski definition) is 0. The molecule has 3 aromatic rings. The van der Waals surface area contributed by atoms with E-state index in [0.717, 1.165) is 80.0 Å². The third kappa shape index (κ3) is 4.57. The van der Waals surface area contributed by atoms with Gasteiger partial charge in [-0.15, -0.1) is 0 Å². The molecule has 0 saturated carbocycles. The fourth-order valence-electron chi connectivity index (χ4n) is 4.59. The fourth-order valence-corrected chi connectivity index (χ4v) is 4.59. The number of rotatable bonds is 4. The van der Waals surface area contributed by atoms with Gasteiger partial charge in [-0.05, 0) is 42.5 Å². The molecule has 0 radical (unpaired) electrons. The van der Waals surface area contributed by atoms with Crippen molar-refractivity contribution in [3.63, 3.8) is 0 Å². The highest BCUT2D eigenvalue weighted by Crippen LogP contribution is 2.23. The number of amides is 1. The summed E-state index contributed by atoms with van der Waals surface area (Å²) in [5, 5.41) is 10.3. The predicted molar refractivity (Wildman–Crippen MR) is 118 cm³/mol. The van der Waals surface area contributed by atoms with Gasteiger partial charge >= 0.3 is 0 Å². The number of nitrogens with zero attached hydrogens (tertiary/aromatic N) is 5. The Hall–Kier alpha value is -2.90. The molecule has 7 nitrogen and oxygen atoms in total. The van der Waals surface area contributed by atoms with Crippen LogP contribution in [0, 0.1) is 0 Å². The van der Waals surface area contributed by atoms with Crippen LogP contribution < -0.4 is 0 Å². The van der Waals surface area contributed by atoms with Crippen LogP contribution in [0.3, 0.4) is 0 Å². The molecule has 5 rings (SSSR count).